The lowest BCUT2D eigenvalue weighted by molar-refractivity contribution is -0.137. The van der Waals surface area contributed by atoms with Crippen molar-refractivity contribution in [3.63, 3.8) is 0 Å². The fourth-order valence-corrected chi connectivity index (χ4v) is 4.51. The molecule has 2 heterocycles. The average Bonchev–Trinajstić information content (AvgIpc) is 3.22. The highest BCUT2D eigenvalue weighted by Crippen LogP contribution is 2.38. The van der Waals surface area contributed by atoms with Gasteiger partial charge in [-0.15, -0.1) is 0 Å². The van der Waals surface area contributed by atoms with Crippen LogP contribution in [0.2, 0.25) is 0 Å². The SMILES string of the molecule is CCCCC(=O)CS(=O)(=O)Nn1c(=O)[nH]c2cc(C(F)(F)F)c(-c3ccnn3CC)cc2c1=O. The lowest BCUT2D eigenvalue weighted by Gasteiger charge is -2.16. The quantitative estimate of drug-likeness (QED) is 0.462. The maximum Gasteiger partial charge on any atom is 0.417 e. The van der Waals surface area contributed by atoms with Gasteiger partial charge in [0.05, 0.1) is 22.2 Å². The number of halogens is 3. The molecule has 0 saturated heterocycles. The van der Waals surface area contributed by atoms with Crippen molar-refractivity contribution in [3.05, 3.63) is 50.8 Å². The van der Waals surface area contributed by atoms with Crippen molar-refractivity contribution in [2.45, 2.75) is 45.8 Å². The molecule has 184 valence electrons. The first kappa shape index (κ1) is 25.2. The summed E-state index contributed by atoms with van der Waals surface area (Å²) in [6, 6.07) is 2.89. The van der Waals surface area contributed by atoms with E-state index in [1.165, 1.54) is 16.9 Å². The number of aromatic nitrogens is 4. The van der Waals surface area contributed by atoms with E-state index in [2.05, 4.69) is 10.1 Å². The van der Waals surface area contributed by atoms with Gasteiger partial charge in [-0.25, -0.2) is 18.0 Å². The normalized spacial score (nSPS) is 12.3. The Balaban J connectivity index is 2.17. The predicted octanol–water partition coefficient (Wildman–Crippen LogP) is 2.22. The van der Waals surface area contributed by atoms with Crippen LogP contribution in [0, 0.1) is 0 Å². The zero-order chi connectivity index (χ0) is 25.3. The van der Waals surface area contributed by atoms with Crippen LogP contribution >= 0.6 is 0 Å². The molecule has 2 aromatic heterocycles. The summed E-state index contributed by atoms with van der Waals surface area (Å²) in [5.41, 5.74) is -4.32. The molecule has 0 saturated carbocycles. The number of sulfonamides is 1. The predicted molar refractivity (Wildman–Crippen MR) is 118 cm³/mol. The summed E-state index contributed by atoms with van der Waals surface area (Å²) in [6.45, 7) is 3.74. The molecule has 34 heavy (non-hydrogen) atoms. The number of nitrogens with one attached hydrogen (secondary N) is 2. The molecule has 0 unspecified atom stereocenters. The number of unbranched alkanes of at least 4 members (excludes halogenated alkanes) is 1. The van der Waals surface area contributed by atoms with Crippen LogP contribution in [0.3, 0.4) is 0 Å². The van der Waals surface area contributed by atoms with Gasteiger partial charge in [0.25, 0.3) is 15.6 Å². The number of hydrogen-bond donors (Lipinski definition) is 2. The van der Waals surface area contributed by atoms with Gasteiger partial charge in [-0.05, 0) is 31.5 Å². The van der Waals surface area contributed by atoms with Gasteiger partial charge in [0.1, 0.15) is 11.5 Å². The van der Waals surface area contributed by atoms with E-state index in [0.717, 1.165) is 6.07 Å². The number of hydrogen-bond acceptors (Lipinski definition) is 6. The van der Waals surface area contributed by atoms with Crippen LogP contribution in [0.25, 0.3) is 22.2 Å². The highest BCUT2D eigenvalue weighted by molar-refractivity contribution is 7.93. The highest BCUT2D eigenvalue weighted by atomic mass is 32.2. The minimum atomic E-state index is -4.82. The van der Waals surface area contributed by atoms with Crippen molar-refractivity contribution in [1.29, 1.82) is 0 Å². The monoisotopic (exact) mass is 501 g/mol. The summed E-state index contributed by atoms with van der Waals surface area (Å²) in [4.78, 5) is 41.0. The van der Waals surface area contributed by atoms with E-state index in [1.807, 2.05) is 6.92 Å². The minimum absolute atomic E-state index is 0.00900. The minimum Gasteiger partial charge on any atom is -0.305 e. The van der Waals surface area contributed by atoms with Gasteiger partial charge in [-0.1, -0.05) is 13.3 Å². The molecule has 0 aliphatic heterocycles. The second-order valence-electron chi connectivity index (χ2n) is 7.54. The zero-order valence-electron chi connectivity index (χ0n) is 18.3. The van der Waals surface area contributed by atoms with Gasteiger partial charge in [0, 0.05) is 24.7 Å². The van der Waals surface area contributed by atoms with Crippen LogP contribution in [0.1, 0.15) is 38.7 Å². The molecule has 0 aliphatic carbocycles. The maximum absolute atomic E-state index is 13.8. The average molecular weight is 501 g/mol. The molecule has 0 bridgehead atoms. The zero-order valence-corrected chi connectivity index (χ0v) is 19.1. The Labute approximate surface area is 191 Å². The number of fused-ring (bicyclic) bond motifs is 1. The molecule has 1 aromatic carbocycles. The standard InChI is InChI=1S/C20H22F3N5O5S/c1-3-5-6-12(29)11-34(32,33)26-28-18(30)14-9-13(17-7-8-24-27(17)4-2)15(20(21,22)23)10-16(14)25-19(28)31/h7-10,26H,3-6,11H2,1-2H3,(H,25,31). The van der Waals surface area contributed by atoms with E-state index in [1.54, 1.807) is 11.8 Å². The van der Waals surface area contributed by atoms with E-state index in [-0.39, 0.29) is 34.3 Å². The third-order valence-corrected chi connectivity index (χ3v) is 6.19. The molecule has 14 heteroatoms. The molecule has 0 radical (unpaired) electrons. The molecular formula is C20H22F3N5O5S. The van der Waals surface area contributed by atoms with Crippen LogP contribution < -0.4 is 16.1 Å². The number of H-pyrrole nitrogens is 1. The Morgan fingerprint density at radius 2 is 1.91 bits per heavy atom. The van der Waals surface area contributed by atoms with Crippen molar-refractivity contribution in [2.75, 3.05) is 10.6 Å². The lowest BCUT2D eigenvalue weighted by Crippen LogP contribution is -2.45. The van der Waals surface area contributed by atoms with E-state index in [9.17, 15) is 36.0 Å². The van der Waals surface area contributed by atoms with E-state index < -0.39 is 50.1 Å². The maximum atomic E-state index is 13.8. The summed E-state index contributed by atoms with van der Waals surface area (Å²) in [6.07, 6.45) is -2.36. The van der Waals surface area contributed by atoms with Crippen molar-refractivity contribution in [3.8, 4) is 11.3 Å². The smallest absolute Gasteiger partial charge is 0.305 e. The van der Waals surface area contributed by atoms with Gasteiger partial charge >= 0.3 is 11.9 Å². The molecule has 0 atom stereocenters. The second-order valence-corrected chi connectivity index (χ2v) is 9.24. The van der Waals surface area contributed by atoms with Crippen LogP contribution in [0.15, 0.2) is 34.0 Å². The molecule has 2 N–H and O–H groups in total. The van der Waals surface area contributed by atoms with Gasteiger partial charge in [0.2, 0.25) is 0 Å². The van der Waals surface area contributed by atoms with Crippen LogP contribution in [0.5, 0.6) is 0 Å². The number of carbonyl (C=O) groups excluding carboxylic acids is 1. The molecule has 0 amide bonds. The van der Waals surface area contributed by atoms with E-state index in [0.29, 0.717) is 18.9 Å². The van der Waals surface area contributed by atoms with Crippen molar-refractivity contribution >= 4 is 26.7 Å². The number of ketones is 1. The summed E-state index contributed by atoms with van der Waals surface area (Å²) in [5, 5.41) is 3.58. The van der Waals surface area contributed by atoms with Crippen LogP contribution in [-0.2, 0) is 27.5 Å². The van der Waals surface area contributed by atoms with Gasteiger partial charge in [0.15, 0.2) is 0 Å². The molecule has 0 spiro atoms. The number of aromatic amines is 1. The van der Waals surface area contributed by atoms with Crippen molar-refractivity contribution in [2.24, 2.45) is 0 Å². The molecular weight excluding hydrogens is 479 g/mol. The van der Waals surface area contributed by atoms with Gasteiger partial charge in [-0.2, -0.15) is 22.9 Å². The first-order valence-electron chi connectivity index (χ1n) is 10.3. The second kappa shape index (κ2) is 9.44. The number of nitrogens with zero attached hydrogens (tertiary/aromatic N) is 3. The molecule has 3 aromatic rings. The lowest BCUT2D eigenvalue weighted by atomic mass is 10.0. The van der Waals surface area contributed by atoms with E-state index in [4.69, 9.17) is 0 Å². The van der Waals surface area contributed by atoms with Gasteiger partial charge in [-0.3, -0.25) is 14.3 Å². The number of rotatable bonds is 9. The van der Waals surface area contributed by atoms with Crippen molar-refractivity contribution < 1.29 is 26.4 Å². The number of alkyl halides is 3. The number of Topliss-reactive ketones (excluding diaryl/α,β-unsaturated/α-hetero) is 1. The fraction of sp³-hybridized carbons (Fsp3) is 0.400. The fourth-order valence-electron chi connectivity index (χ4n) is 3.44. The van der Waals surface area contributed by atoms with Crippen molar-refractivity contribution in [1.82, 2.24) is 19.4 Å². The highest BCUT2D eigenvalue weighted by Gasteiger charge is 2.35. The number of benzene rings is 1. The van der Waals surface area contributed by atoms with Crippen LogP contribution in [-0.4, -0.2) is 39.4 Å². The summed E-state index contributed by atoms with van der Waals surface area (Å²) < 4.78 is 67.4. The number of aryl methyl sites for hydroxylation is 1. The molecule has 0 aliphatic rings. The first-order valence-corrected chi connectivity index (χ1v) is 12.0. The largest absolute Gasteiger partial charge is 0.417 e. The molecule has 3 rings (SSSR count). The Kier molecular flexibility index (Phi) is 7.00. The Morgan fingerprint density at radius 3 is 2.53 bits per heavy atom. The third kappa shape index (κ3) is 5.21. The molecule has 10 nitrogen and oxygen atoms in total. The van der Waals surface area contributed by atoms with Gasteiger partial charge < -0.3 is 4.98 Å². The topological polar surface area (TPSA) is 136 Å². The molecule has 0 fully saturated rings. The Morgan fingerprint density at radius 1 is 1.21 bits per heavy atom. The first-order chi connectivity index (χ1) is 15.9. The summed E-state index contributed by atoms with van der Waals surface area (Å²) >= 11 is 0. The summed E-state index contributed by atoms with van der Waals surface area (Å²) in [7, 11) is -4.42. The summed E-state index contributed by atoms with van der Waals surface area (Å²) in [5.74, 6) is -1.56. The van der Waals surface area contributed by atoms with E-state index >= 15 is 0 Å². The number of carbonyl (C=O) groups is 1. The Hall–Kier alpha value is -3.42. The third-order valence-electron chi connectivity index (χ3n) is 5.02. The Bertz CT molecular complexity index is 1450. The van der Waals surface area contributed by atoms with Crippen LogP contribution in [0.4, 0.5) is 13.2 Å².